The Morgan fingerprint density at radius 2 is 1.17 bits per heavy atom. The Kier molecular flexibility index (Phi) is 183. The van der Waals surface area contributed by atoms with E-state index in [2.05, 4.69) is 0 Å². The second-order valence-electron chi connectivity index (χ2n) is 0. The van der Waals surface area contributed by atoms with Crippen LogP contribution in [-0.2, 0) is 0 Å². The van der Waals surface area contributed by atoms with Crippen molar-refractivity contribution in [3.05, 3.63) is 0 Å². The smallest absolute Gasteiger partial charge is 1.00 e. The van der Waals surface area contributed by atoms with Crippen molar-refractivity contribution in [3.63, 3.8) is 0 Å². The maximum absolute atomic E-state index is 0. The molecule has 0 N–H and O–H groups in total. The Bertz CT molecular complexity index is 22.0. The summed E-state index contributed by atoms with van der Waals surface area (Å²) in [6.45, 7) is 0. The third-order valence-electron chi connectivity index (χ3n) is 0. The predicted molar refractivity (Wildman–Crippen MR) is 7.98 cm³/mol. The molecule has 0 fully saturated rings. The summed E-state index contributed by atoms with van der Waals surface area (Å²) in [6.07, 6.45) is 0. The van der Waals surface area contributed by atoms with Crippen molar-refractivity contribution in [2.24, 2.45) is 0 Å². The van der Waals surface area contributed by atoms with Crippen LogP contribution in [0.15, 0.2) is 0 Å². The average Bonchev–Trinajstić information content (AvgIpc) is 0. The summed E-state index contributed by atoms with van der Waals surface area (Å²) < 4.78 is 0. The van der Waals surface area contributed by atoms with E-state index in [-0.39, 0.29) is 235 Å². The molecule has 0 spiro atoms. The standard InChI is InChI=1S/Ce.Eu.La.Mg.Nd.Pr.2H/q;;;+2;;;2*-1. The molecule has 25 valence electrons. The van der Waals surface area contributed by atoms with Crippen molar-refractivity contribution >= 4 is 23.1 Å². The molecule has 3 radical (unpaired) electrons. The van der Waals surface area contributed by atoms with Gasteiger partial charge >= 0.3 is 23.1 Å². The molecule has 0 saturated carbocycles. The molecule has 0 aromatic carbocycles. The molecule has 6 heteroatoms. The van der Waals surface area contributed by atoms with E-state index in [1.54, 1.807) is 0 Å². The Morgan fingerprint density at radius 1 is 1.17 bits per heavy atom. The summed E-state index contributed by atoms with van der Waals surface area (Å²) in [5.41, 5.74) is 0. The predicted octanol–water partition coefficient (Wildman–Crippen LogP) is -0.156. The van der Waals surface area contributed by atoms with Gasteiger partial charge in [-0.1, -0.05) is 0 Å². The van der Waals surface area contributed by atoms with Gasteiger partial charge in [0.05, 0.1) is 0 Å². The molecule has 0 aromatic heterocycles. The first-order valence-corrected chi connectivity index (χ1v) is 0. The zero-order valence-electron chi connectivity index (χ0n) is 5.24. The molecular weight excluding hydrogens is 740 g/mol. The van der Waals surface area contributed by atoms with Gasteiger partial charge in [0.15, 0.2) is 0 Å². The van der Waals surface area contributed by atoms with Crippen LogP contribution in [0.1, 0.15) is 2.85 Å². The molecule has 0 aliphatic carbocycles. The van der Waals surface area contributed by atoms with Crippen molar-refractivity contribution in [1.29, 1.82) is 0 Å². The van der Waals surface area contributed by atoms with Gasteiger partial charge in [0, 0.05) is 209 Å². The monoisotopic (exact) mass is 741 g/mol. The van der Waals surface area contributed by atoms with Gasteiger partial charge in [-0.3, -0.25) is 0 Å². The van der Waals surface area contributed by atoms with Crippen molar-refractivity contribution in [2.75, 3.05) is 0 Å². The van der Waals surface area contributed by atoms with Crippen LogP contribution in [0.2, 0.25) is 0 Å². The summed E-state index contributed by atoms with van der Waals surface area (Å²) >= 11 is 0. The van der Waals surface area contributed by atoms with Gasteiger partial charge < -0.3 is 2.85 Å². The molecule has 0 unspecified atom stereocenters. The second kappa shape index (κ2) is 29.3. The zero-order valence-corrected chi connectivity index (χ0v) is 20.8. The molecular formula is H2CeEuLaMgNdPr. The molecule has 0 saturated heterocycles. The van der Waals surface area contributed by atoms with Crippen molar-refractivity contribution in [2.45, 2.75) is 0 Å². The number of hydrogen-bond acceptors (Lipinski definition) is 0. The fourth-order valence-corrected chi connectivity index (χ4v) is 0. The maximum Gasteiger partial charge on any atom is 2.00 e. The van der Waals surface area contributed by atoms with Crippen LogP contribution in [0.3, 0.4) is 0 Å². The van der Waals surface area contributed by atoms with E-state index in [1.165, 1.54) is 0 Å². The zero-order chi connectivity index (χ0) is 0. The van der Waals surface area contributed by atoms with Crippen LogP contribution in [0, 0.1) is 209 Å². The topological polar surface area (TPSA) is 0 Å². The average molecular weight is 742 g/mol. The third kappa shape index (κ3) is 22.6. The molecule has 0 nitrogen and oxygen atoms in total. The first kappa shape index (κ1) is 37.3. The molecule has 0 rings (SSSR count). The van der Waals surface area contributed by atoms with Crippen LogP contribution in [0.25, 0.3) is 0 Å². The second-order valence-corrected chi connectivity index (χ2v) is 0. The van der Waals surface area contributed by atoms with E-state index < -0.39 is 0 Å². The van der Waals surface area contributed by atoms with Gasteiger partial charge in [0.25, 0.3) is 0 Å². The minimum Gasteiger partial charge on any atom is -1.00 e. The first-order chi connectivity index (χ1) is 0. The van der Waals surface area contributed by atoms with Crippen molar-refractivity contribution < 1.29 is 212 Å². The maximum atomic E-state index is 0. The van der Waals surface area contributed by atoms with Crippen LogP contribution < -0.4 is 0 Å². The van der Waals surface area contributed by atoms with Crippen molar-refractivity contribution in [3.8, 4) is 0 Å². The largest absolute Gasteiger partial charge is 2.00 e. The van der Waals surface area contributed by atoms with Gasteiger partial charge in [0.1, 0.15) is 0 Å². The van der Waals surface area contributed by atoms with Crippen LogP contribution >= 0.6 is 0 Å². The Hall–Kier alpha value is 7.64. The molecule has 0 aliphatic rings. The minimum absolute atomic E-state index is 0. The van der Waals surface area contributed by atoms with E-state index in [0.29, 0.717) is 0 Å². The van der Waals surface area contributed by atoms with Crippen LogP contribution in [-0.4, -0.2) is 23.1 Å². The summed E-state index contributed by atoms with van der Waals surface area (Å²) in [5, 5.41) is 0. The van der Waals surface area contributed by atoms with Gasteiger partial charge in [-0.15, -0.1) is 0 Å². The fourth-order valence-electron chi connectivity index (χ4n) is 0. The van der Waals surface area contributed by atoms with E-state index in [1.807, 2.05) is 0 Å². The quantitative estimate of drug-likeness (QED) is 0.304. The summed E-state index contributed by atoms with van der Waals surface area (Å²) in [5.74, 6) is 0. The molecule has 0 heterocycles. The van der Waals surface area contributed by atoms with Crippen molar-refractivity contribution in [1.82, 2.24) is 0 Å². The van der Waals surface area contributed by atoms with Gasteiger partial charge in [-0.2, -0.15) is 0 Å². The normalized spacial score (nSPS) is 0. The van der Waals surface area contributed by atoms with Gasteiger partial charge in [-0.25, -0.2) is 0 Å². The molecule has 0 aromatic rings. The fraction of sp³-hybridized carbons (Fsp3) is 0. The van der Waals surface area contributed by atoms with E-state index in [4.69, 9.17) is 0 Å². The van der Waals surface area contributed by atoms with Crippen LogP contribution in [0.4, 0.5) is 0 Å². The Labute approximate surface area is 226 Å². The summed E-state index contributed by atoms with van der Waals surface area (Å²) in [6, 6.07) is 0. The minimum atomic E-state index is 0. The van der Waals surface area contributed by atoms with E-state index in [0.717, 1.165) is 0 Å². The molecule has 0 amide bonds. The van der Waals surface area contributed by atoms with Gasteiger partial charge in [0.2, 0.25) is 0 Å². The number of rotatable bonds is 0. The Balaban J connectivity index is 0. The molecule has 0 bridgehead atoms. The SMILES string of the molecule is [Ce].[Eu].[H-].[H-].[La].[Mg+2].[Nd].[Pr]. The first-order valence-electron chi connectivity index (χ1n) is 0. The molecule has 0 atom stereocenters. The van der Waals surface area contributed by atoms with Gasteiger partial charge in [-0.05, 0) is 0 Å². The van der Waals surface area contributed by atoms with Crippen LogP contribution in [0.5, 0.6) is 0 Å². The number of hydrogen-bond donors (Lipinski definition) is 0. The molecule has 0 aliphatic heterocycles. The summed E-state index contributed by atoms with van der Waals surface area (Å²) in [4.78, 5) is 0. The summed E-state index contributed by atoms with van der Waals surface area (Å²) in [7, 11) is 0. The van der Waals surface area contributed by atoms with E-state index in [9.17, 15) is 0 Å². The van der Waals surface area contributed by atoms with E-state index >= 15 is 0 Å². The Morgan fingerprint density at radius 3 is 1.17 bits per heavy atom. The third-order valence-corrected chi connectivity index (χ3v) is 0. The molecule has 6 heavy (non-hydrogen) atoms.